The van der Waals surface area contributed by atoms with Crippen LogP contribution in [0.2, 0.25) is 0 Å². The predicted molar refractivity (Wildman–Crippen MR) is 43.1 cm³/mol. The highest BCUT2D eigenvalue weighted by atomic mass is 16.7. The van der Waals surface area contributed by atoms with Crippen molar-refractivity contribution in [3.8, 4) is 6.07 Å². The zero-order valence-corrected chi connectivity index (χ0v) is 7.41. The molecule has 0 unspecified atom stereocenters. The molecular formula is C8H14N2O2. The summed E-state index contributed by atoms with van der Waals surface area (Å²) in [4.78, 5) is 0. The fraction of sp³-hybridized carbons (Fsp3) is 0.875. The zero-order valence-electron chi connectivity index (χ0n) is 7.41. The second-order valence-electron chi connectivity index (χ2n) is 3.42. The molecule has 12 heavy (non-hydrogen) atoms. The molecule has 2 N–H and O–H groups in total. The van der Waals surface area contributed by atoms with Gasteiger partial charge in [-0.05, 0) is 13.8 Å². The molecule has 0 aromatic carbocycles. The minimum atomic E-state index is -0.514. The summed E-state index contributed by atoms with van der Waals surface area (Å²) in [5, 5.41) is 8.45. The molecule has 4 nitrogen and oxygen atoms in total. The molecule has 1 aliphatic heterocycles. The van der Waals surface area contributed by atoms with Crippen LogP contribution in [0, 0.1) is 11.3 Å². The number of nitrogens with two attached hydrogens (primary N) is 1. The molecule has 1 rings (SSSR count). The molecule has 0 aromatic rings. The minimum Gasteiger partial charge on any atom is -0.348 e. The van der Waals surface area contributed by atoms with Gasteiger partial charge in [0.25, 0.3) is 0 Å². The van der Waals surface area contributed by atoms with Crippen molar-refractivity contribution in [3.63, 3.8) is 0 Å². The highest BCUT2D eigenvalue weighted by Crippen LogP contribution is 2.24. The van der Waals surface area contributed by atoms with Crippen molar-refractivity contribution >= 4 is 0 Å². The van der Waals surface area contributed by atoms with Gasteiger partial charge in [0, 0.05) is 6.42 Å². The predicted octanol–water partition coefficient (Wildman–Crippen LogP) is 0.379. The van der Waals surface area contributed by atoms with Crippen LogP contribution in [-0.4, -0.2) is 24.5 Å². The van der Waals surface area contributed by atoms with Crippen LogP contribution in [0.25, 0.3) is 0 Å². The van der Waals surface area contributed by atoms with Gasteiger partial charge in [0.15, 0.2) is 5.79 Å². The maximum absolute atomic E-state index is 8.45. The first-order valence-electron chi connectivity index (χ1n) is 4.00. The van der Waals surface area contributed by atoms with Crippen LogP contribution in [0.1, 0.15) is 20.3 Å². The molecule has 1 aliphatic rings. The van der Waals surface area contributed by atoms with Crippen LogP contribution in [0.5, 0.6) is 0 Å². The van der Waals surface area contributed by atoms with E-state index < -0.39 is 11.8 Å². The van der Waals surface area contributed by atoms with Crippen molar-refractivity contribution in [2.75, 3.05) is 6.61 Å². The maximum atomic E-state index is 8.45. The van der Waals surface area contributed by atoms with E-state index in [4.69, 9.17) is 20.5 Å². The normalized spacial score (nSPS) is 29.7. The van der Waals surface area contributed by atoms with Crippen LogP contribution < -0.4 is 5.73 Å². The smallest absolute Gasteiger partial charge is 0.163 e. The first-order valence-corrected chi connectivity index (χ1v) is 4.00. The maximum Gasteiger partial charge on any atom is 0.163 e. The molecule has 0 spiro atoms. The van der Waals surface area contributed by atoms with E-state index in [1.165, 1.54) is 0 Å². The van der Waals surface area contributed by atoms with Gasteiger partial charge < -0.3 is 15.2 Å². The summed E-state index contributed by atoms with van der Waals surface area (Å²) >= 11 is 0. The van der Waals surface area contributed by atoms with E-state index in [0.717, 1.165) is 0 Å². The second kappa shape index (κ2) is 3.40. The number of nitrogens with zero attached hydrogens (tertiary/aromatic N) is 1. The van der Waals surface area contributed by atoms with Gasteiger partial charge in [0.2, 0.25) is 0 Å². The standard InChI is InChI=1S/C8H14N2O2/c1-8(2)11-5-7(12-8)3-6(10)4-9/h6-7H,3,5,10H2,1-2H3/t6-,7+/m1/s1. The van der Waals surface area contributed by atoms with Crippen LogP contribution in [0.3, 0.4) is 0 Å². The van der Waals surface area contributed by atoms with E-state index in [1.807, 2.05) is 19.9 Å². The van der Waals surface area contributed by atoms with E-state index >= 15 is 0 Å². The summed E-state index contributed by atoms with van der Waals surface area (Å²) in [6.45, 7) is 4.23. The van der Waals surface area contributed by atoms with E-state index in [0.29, 0.717) is 13.0 Å². The highest BCUT2D eigenvalue weighted by molar-refractivity contribution is 4.89. The summed E-state index contributed by atoms with van der Waals surface area (Å²) in [7, 11) is 0. The van der Waals surface area contributed by atoms with Gasteiger partial charge in [-0.3, -0.25) is 0 Å². The Kier molecular flexibility index (Phi) is 2.68. The fourth-order valence-corrected chi connectivity index (χ4v) is 1.22. The third-order valence-electron chi connectivity index (χ3n) is 1.75. The molecule has 0 aliphatic carbocycles. The Labute approximate surface area is 72.2 Å². The molecule has 2 atom stereocenters. The molecule has 1 saturated heterocycles. The van der Waals surface area contributed by atoms with Crippen molar-refractivity contribution in [2.24, 2.45) is 5.73 Å². The molecule has 0 radical (unpaired) electrons. The lowest BCUT2D eigenvalue weighted by molar-refractivity contribution is -0.139. The largest absolute Gasteiger partial charge is 0.348 e. The number of rotatable bonds is 2. The molecule has 0 aromatic heterocycles. The lowest BCUT2D eigenvalue weighted by atomic mass is 10.1. The molecule has 1 fully saturated rings. The molecule has 1 heterocycles. The number of ether oxygens (including phenoxy) is 2. The van der Waals surface area contributed by atoms with Gasteiger partial charge in [0.1, 0.15) is 0 Å². The summed E-state index contributed by atoms with van der Waals surface area (Å²) in [6.07, 6.45) is 0.509. The van der Waals surface area contributed by atoms with Gasteiger partial charge in [-0.25, -0.2) is 0 Å². The molecular weight excluding hydrogens is 156 g/mol. The average Bonchev–Trinajstić information content (AvgIpc) is 2.30. The van der Waals surface area contributed by atoms with E-state index in [1.54, 1.807) is 0 Å². The Hall–Kier alpha value is -0.630. The zero-order chi connectivity index (χ0) is 9.19. The van der Waals surface area contributed by atoms with E-state index in [9.17, 15) is 0 Å². The summed E-state index contributed by atoms with van der Waals surface area (Å²) in [5.41, 5.74) is 5.44. The lowest BCUT2D eigenvalue weighted by Gasteiger charge is -2.17. The highest BCUT2D eigenvalue weighted by Gasteiger charge is 2.33. The van der Waals surface area contributed by atoms with E-state index in [-0.39, 0.29) is 6.10 Å². The Morgan fingerprint density at radius 2 is 2.42 bits per heavy atom. The van der Waals surface area contributed by atoms with Gasteiger partial charge in [-0.2, -0.15) is 5.26 Å². The Morgan fingerprint density at radius 3 is 2.83 bits per heavy atom. The monoisotopic (exact) mass is 170 g/mol. The Bertz CT molecular complexity index is 198. The van der Waals surface area contributed by atoms with Crippen LogP contribution >= 0.6 is 0 Å². The van der Waals surface area contributed by atoms with Crippen molar-refractivity contribution in [1.82, 2.24) is 0 Å². The minimum absolute atomic E-state index is 0.0327. The van der Waals surface area contributed by atoms with Crippen molar-refractivity contribution in [3.05, 3.63) is 0 Å². The van der Waals surface area contributed by atoms with Gasteiger partial charge in [-0.1, -0.05) is 0 Å². The van der Waals surface area contributed by atoms with Crippen LogP contribution in [0.4, 0.5) is 0 Å². The van der Waals surface area contributed by atoms with Crippen molar-refractivity contribution in [1.29, 1.82) is 5.26 Å². The molecule has 0 bridgehead atoms. The van der Waals surface area contributed by atoms with Crippen LogP contribution in [0.15, 0.2) is 0 Å². The third kappa shape index (κ3) is 2.45. The second-order valence-corrected chi connectivity index (χ2v) is 3.42. The Morgan fingerprint density at radius 1 is 1.75 bits per heavy atom. The number of hydrogen-bond donors (Lipinski definition) is 1. The molecule has 0 amide bonds. The summed E-state index contributed by atoms with van der Waals surface area (Å²) < 4.78 is 10.8. The molecule has 4 heteroatoms. The van der Waals surface area contributed by atoms with Gasteiger partial charge in [-0.15, -0.1) is 0 Å². The summed E-state index contributed by atoms with van der Waals surface area (Å²) in [6, 6.07) is 1.51. The first kappa shape index (κ1) is 9.46. The van der Waals surface area contributed by atoms with Gasteiger partial charge >= 0.3 is 0 Å². The van der Waals surface area contributed by atoms with Crippen molar-refractivity contribution < 1.29 is 9.47 Å². The summed E-state index contributed by atoms with van der Waals surface area (Å²) in [5.74, 6) is -0.514. The Balaban J connectivity index is 2.34. The lowest BCUT2D eigenvalue weighted by Crippen LogP contribution is -2.27. The first-order chi connectivity index (χ1) is 5.53. The topological polar surface area (TPSA) is 68.3 Å². The fourth-order valence-electron chi connectivity index (χ4n) is 1.22. The van der Waals surface area contributed by atoms with Gasteiger partial charge in [0.05, 0.1) is 24.8 Å². The average molecular weight is 170 g/mol. The number of hydrogen-bond acceptors (Lipinski definition) is 4. The quantitative estimate of drug-likeness (QED) is 0.650. The molecule has 68 valence electrons. The SMILES string of the molecule is CC1(C)OC[C@H](C[C@@H](N)C#N)O1. The van der Waals surface area contributed by atoms with Crippen molar-refractivity contribution in [2.45, 2.75) is 38.2 Å². The number of nitriles is 1. The van der Waals surface area contributed by atoms with E-state index in [2.05, 4.69) is 0 Å². The van der Waals surface area contributed by atoms with Crippen LogP contribution in [-0.2, 0) is 9.47 Å². The molecule has 0 saturated carbocycles. The third-order valence-corrected chi connectivity index (χ3v) is 1.75.